The normalized spacial score (nSPS) is 18.0. The first-order valence-corrected chi connectivity index (χ1v) is 8.15. The third kappa shape index (κ3) is 3.61. The van der Waals surface area contributed by atoms with E-state index in [1.54, 1.807) is 7.11 Å². The number of carbonyl (C=O) groups is 1. The van der Waals surface area contributed by atoms with E-state index in [0.717, 1.165) is 55.6 Å². The molecule has 0 spiro atoms. The number of hydrogen-bond acceptors (Lipinski definition) is 6. The molecule has 0 unspecified atom stereocenters. The van der Waals surface area contributed by atoms with Gasteiger partial charge in [-0.15, -0.1) is 0 Å². The maximum absolute atomic E-state index is 12.2. The van der Waals surface area contributed by atoms with E-state index in [1.807, 2.05) is 11.8 Å². The summed E-state index contributed by atoms with van der Waals surface area (Å²) in [5, 5.41) is 0. The first-order valence-electron chi connectivity index (χ1n) is 8.15. The van der Waals surface area contributed by atoms with Gasteiger partial charge in [-0.3, -0.25) is 4.79 Å². The largest absolute Gasteiger partial charge is 0.384 e. The summed E-state index contributed by atoms with van der Waals surface area (Å²) in [7, 11) is 1.62. The standard InChI is InChI=1S/C16H24N4O3/c1-12-13-11-20(15(21)4-8-22-2)5-3-14(13)18-16(17-12)19-6-9-23-10-7-19/h3-11H2,1-2H3. The lowest BCUT2D eigenvalue weighted by Gasteiger charge is -2.31. The zero-order chi connectivity index (χ0) is 16.2. The van der Waals surface area contributed by atoms with Crippen molar-refractivity contribution < 1.29 is 14.3 Å². The van der Waals surface area contributed by atoms with Crippen LogP contribution in [0.25, 0.3) is 0 Å². The molecule has 126 valence electrons. The van der Waals surface area contributed by atoms with Gasteiger partial charge in [0, 0.05) is 51.0 Å². The number of anilines is 1. The SMILES string of the molecule is COCCC(=O)N1CCc2nc(N3CCOCC3)nc(C)c2C1. The fourth-order valence-corrected chi connectivity index (χ4v) is 3.03. The van der Waals surface area contributed by atoms with Gasteiger partial charge in [0.05, 0.1) is 31.9 Å². The van der Waals surface area contributed by atoms with Crippen LogP contribution in [0.5, 0.6) is 0 Å². The van der Waals surface area contributed by atoms with Crippen LogP contribution in [0.3, 0.4) is 0 Å². The molecule has 7 nitrogen and oxygen atoms in total. The van der Waals surface area contributed by atoms with Crippen molar-refractivity contribution in [3.05, 3.63) is 17.0 Å². The summed E-state index contributed by atoms with van der Waals surface area (Å²) in [6, 6.07) is 0. The number of carbonyl (C=O) groups excluding carboxylic acids is 1. The Morgan fingerprint density at radius 2 is 2.04 bits per heavy atom. The minimum absolute atomic E-state index is 0.133. The number of fused-ring (bicyclic) bond motifs is 1. The fraction of sp³-hybridized carbons (Fsp3) is 0.688. The average Bonchev–Trinajstić information content (AvgIpc) is 2.60. The molecule has 1 saturated heterocycles. The van der Waals surface area contributed by atoms with E-state index < -0.39 is 0 Å². The van der Waals surface area contributed by atoms with E-state index in [2.05, 4.69) is 9.88 Å². The van der Waals surface area contributed by atoms with Crippen molar-refractivity contribution in [2.75, 3.05) is 51.5 Å². The van der Waals surface area contributed by atoms with Gasteiger partial charge in [0.2, 0.25) is 11.9 Å². The third-order valence-electron chi connectivity index (χ3n) is 4.42. The Morgan fingerprint density at radius 1 is 1.26 bits per heavy atom. The van der Waals surface area contributed by atoms with Crippen molar-refractivity contribution >= 4 is 11.9 Å². The number of ether oxygens (including phenoxy) is 2. The molecule has 0 aromatic carbocycles. The van der Waals surface area contributed by atoms with Gasteiger partial charge in [0.25, 0.3) is 0 Å². The van der Waals surface area contributed by atoms with Gasteiger partial charge < -0.3 is 19.3 Å². The highest BCUT2D eigenvalue weighted by molar-refractivity contribution is 5.76. The van der Waals surface area contributed by atoms with Gasteiger partial charge in [0.15, 0.2) is 0 Å². The van der Waals surface area contributed by atoms with E-state index in [4.69, 9.17) is 14.5 Å². The molecule has 1 fully saturated rings. The van der Waals surface area contributed by atoms with Gasteiger partial charge in [-0.1, -0.05) is 0 Å². The lowest BCUT2D eigenvalue weighted by Crippen LogP contribution is -2.40. The Morgan fingerprint density at radius 3 is 2.78 bits per heavy atom. The fourth-order valence-electron chi connectivity index (χ4n) is 3.03. The molecule has 23 heavy (non-hydrogen) atoms. The summed E-state index contributed by atoms with van der Waals surface area (Å²) in [5.41, 5.74) is 3.15. The van der Waals surface area contributed by atoms with Crippen LogP contribution in [-0.2, 0) is 27.2 Å². The van der Waals surface area contributed by atoms with Gasteiger partial charge >= 0.3 is 0 Å². The van der Waals surface area contributed by atoms with Gasteiger partial charge in [-0.2, -0.15) is 0 Å². The topological polar surface area (TPSA) is 67.8 Å². The zero-order valence-electron chi connectivity index (χ0n) is 13.9. The molecule has 0 bridgehead atoms. The van der Waals surface area contributed by atoms with E-state index in [-0.39, 0.29) is 5.91 Å². The summed E-state index contributed by atoms with van der Waals surface area (Å²) in [4.78, 5) is 25.6. The highest BCUT2D eigenvalue weighted by Gasteiger charge is 2.25. The molecule has 2 aliphatic rings. The maximum atomic E-state index is 12.2. The summed E-state index contributed by atoms with van der Waals surface area (Å²) in [6.45, 7) is 6.91. The van der Waals surface area contributed by atoms with Crippen LogP contribution in [0.1, 0.15) is 23.4 Å². The molecule has 2 aliphatic heterocycles. The molecular weight excluding hydrogens is 296 g/mol. The van der Waals surface area contributed by atoms with Gasteiger partial charge in [0.1, 0.15) is 0 Å². The lowest BCUT2D eigenvalue weighted by molar-refractivity contribution is -0.133. The van der Waals surface area contributed by atoms with Crippen molar-refractivity contribution in [2.45, 2.75) is 26.3 Å². The first kappa shape index (κ1) is 16.1. The minimum Gasteiger partial charge on any atom is -0.384 e. The lowest BCUT2D eigenvalue weighted by atomic mass is 10.0. The maximum Gasteiger partial charge on any atom is 0.225 e. The molecule has 0 aliphatic carbocycles. The number of morpholine rings is 1. The second-order valence-electron chi connectivity index (χ2n) is 5.94. The molecule has 1 amide bonds. The Labute approximate surface area is 136 Å². The van der Waals surface area contributed by atoms with Gasteiger partial charge in [-0.05, 0) is 6.92 Å². The minimum atomic E-state index is 0.133. The number of methoxy groups -OCH3 is 1. The number of hydrogen-bond donors (Lipinski definition) is 0. The molecule has 0 saturated carbocycles. The Bertz CT molecular complexity index is 573. The molecule has 3 heterocycles. The monoisotopic (exact) mass is 320 g/mol. The number of aryl methyl sites for hydroxylation is 1. The number of amides is 1. The van der Waals surface area contributed by atoms with E-state index >= 15 is 0 Å². The summed E-state index contributed by atoms with van der Waals surface area (Å²) in [5.74, 6) is 0.929. The van der Waals surface area contributed by atoms with Crippen LogP contribution < -0.4 is 4.90 Å². The third-order valence-corrected chi connectivity index (χ3v) is 4.42. The van der Waals surface area contributed by atoms with Crippen LogP contribution in [0.15, 0.2) is 0 Å². The van der Waals surface area contributed by atoms with Crippen LogP contribution in [0.4, 0.5) is 5.95 Å². The quantitative estimate of drug-likeness (QED) is 0.807. The number of rotatable bonds is 4. The van der Waals surface area contributed by atoms with E-state index in [9.17, 15) is 4.79 Å². The number of aromatic nitrogens is 2. The molecule has 0 radical (unpaired) electrons. The Hall–Kier alpha value is -1.73. The van der Waals surface area contributed by atoms with E-state index in [0.29, 0.717) is 26.1 Å². The molecule has 7 heteroatoms. The highest BCUT2D eigenvalue weighted by Crippen LogP contribution is 2.23. The average molecular weight is 320 g/mol. The van der Waals surface area contributed by atoms with Crippen LogP contribution in [0.2, 0.25) is 0 Å². The van der Waals surface area contributed by atoms with Crippen molar-refractivity contribution in [1.82, 2.24) is 14.9 Å². The predicted molar refractivity (Wildman–Crippen MR) is 85.4 cm³/mol. The second kappa shape index (κ2) is 7.23. The molecular formula is C16H24N4O3. The smallest absolute Gasteiger partial charge is 0.225 e. The van der Waals surface area contributed by atoms with Crippen LogP contribution in [-0.4, -0.2) is 67.3 Å². The number of nitrogens with zero attached hydrogens (tertiary/aromatic N) is 4. The molecule has 0 atom stereocenters. The Kier molecular flexibility index (Phi) is 5.07. The molecule has 1 aromatic heterocycles. The molecule has 3 rings (SSSR count). The predicted octanol–water partition coefficient (Wildman–Crippen LogP) is 0.543. The first-order chi connectivity index (χ1) is 11.2. The molecule has 1 aromatic rings. The zero-order valence-corrected chi connectivity index (χ0v) is 13.9. The van der Waals surface area contributed by atoms with Gasteiger partial charge in [-0.25, -0.2) is 9.97 Å². The second-order valence-corrected chi connectivity index (χ2v) is 5.94. The van der Waals surface area contributed by atoms with Crippen LogP contribution in [0, 0.1) is 6.92 Å². The van der Waals surface area contributed by atoms with Crippen LogP contribution >= 0.6 is 0 Å². The Balaban J connectivity index is 1.74. The summed E-state index contributed by atoms with van der Waals surface area (Å²) >= 11 is 0. The van der Waals surface area contributed by atoms with Crippen molar-refractivity contribution in [2.24, 2.45) is 0 Å². The summed E-state index contributed by atoms with van der Waals surface area (Å²) < 4.78 is 10.4. The van der Waals surface area contributed by atoms with E-state index in [1.165, 1.54) is 0 Å². The summed E-state index contributed by atoms with van der Waals surface area (Å²) in [6.07, 6.45) is 1.21. The highest BCUT2D eigenvalue weighted by atomic mass is 16.5. The molecule has 0 N–H and O–H groups in total. The van der Waals surface area contributed by atoms with Crippen molar-refractivity contribution in [3.63, 3.8) is 0 Å². The van der Waals surface area contributed by atoms with Crippen molar-refractivity contribution in [1.29, 1.82) is 0 Å². The van der Waals surface area contributed by atoms with Crippen molar-refractivity contribution in [3.8, 4) is 0 Å².